The van der Waals surface area contributed by atoms with Crippen molar-refractivity contribution in [1.29, 1.82) is 0 Å². The summed E-state index contributed by atoms with van der Waals surface area (Å²) in [5, 5.41) is 9.52. The van der Waals surface area contributed by atoms with Crippen LogP contribution in [0.4, 0.5) is 6.01 Å². The third kappa shape index (κ3) is 2.31. The molecule has 1 heterocycles. The van der Waals surface area contributed by atoms with Crippen LogP contribution in [-0.4, -0.2) is 22.6 Å². The molecule has 1 aromatic rings. The number of anilines is 1. The first-order valence-corrected chi connectivity index (χ1v) is 3.52. The molecule has 0 aliphatic carbocycles. The van der Waals surface area contributed by atoms with E-state index in [4.69, 9.17) is 10.2 Å². The molecule has 6 heteroatoms. The van der Waals surface area contributed by atoms with Crippen molar-refractivity contribution < 1.29 is 9.21 Å². The Kier molecular flexibility index (Phi) is 2.76. The number of aryl methyl sites for hydroxylation is 1. The van der Waals surface area contributed by atoms with Gasteiger partial charge in [-0.05, 0) is 0 Å². The van der Waals surface area contributed by atoms with Gasteiger partial charge in [0.1, 0.15) is 0 Å². The van der Waals surface area contributed by atoms with Crippen molar-refractivity contribution in [3.63, 3.8) is 0 Å². The highest BCUT2D eigenvalue weighted by molar-refractivity contribution is 5.88. The molecule has 0 bridgehead atoms. The summed E-state index contributed by atoms with van der Waals surface area (Å²) in [6.07, 6.45) is 0.251. The SMILES string of the molecule is Cc1nnc(NC(=O)CCN)o1. The van der Waals surface area contributed by atoms with E-state index in [-0.39, 0.29) is 18.3 Å². The molecular weight excluding hydrogens is 160 g/mol. The number of aromatic nitrogens is 2. The number of rotatable bonds is 3. The van der Waals surface area contributed by atoms with Crippen LogP contribution < -0.4 is 11.1 Å². The lowest BCUT2D eigenvalue weighted by atomic mass is 10.4. The molecule has 0 spiro atoms. The van der Waals surface area contributed by atoms with Crippen LogP contribution in [0.25, 0.3) is 0 Å². The highest BCUT2D eigenvalue weighted by Gasteiger charge is 2.05. The number of carbonyl (C=O) groups excluding carboxylic acids is 1. The van der Waals surface area contributed by atoms with Gasteiger partial charge in [0.25, 0.3) is 0 Å². The van der Waals surface area contributed by atoms with E-state index in [1.807, 2.05) is 0 Å². The smallest absolute Gasteiger partial charge is 0.322 e. The fourth-order valence-corrected chi connectivity index (χ4v) is 0.660. The predicted molar refractivity (Wildman–Crippen MR) is 41.3 cm³/mol. The number of hydrogen-bond acceptors (Lipinski definition) is 5. The Labute approximate surface area is 69.1 Å². The molecular formula is C6H10N4O2. The van der Waals surface area contributed by atoms with E-state index >= 15 is 0 Å². The molecule has 0 unspecified atom stereocenters. The fourth-order valence-electron chi connectivity index (χ4n) is 0.660. The fraction of sp³-hybridized carbons (Fsp3) is 0.500. The van der Waals surface area contributed by atoms with Crippen LogP contribution in [0.2, 0.25) is 0 Å². The van der Waals surface area contributed by atoms with Crippen molar-refractivity contribution in [2.45, 2.75) is 13.3 Å². The second kappa shape index (κ2) is 3.82. The summed E-state index contributed by atoms with van der Waals surface area (Å²) in [5.41, 5.74) is 5.16. The van der Waals surface area contributed by atoms with Crippen LogP contribution in [0, 0.1) is 6.92 Å². The Bertz CT molecular complexity index is 270. The quantitative estimate of drug-likeness (QED) is 0.647. The maximum atomic E-state index is 10.9. The third-order valence-electron chi connectivity index (χ3n) is 1.14. The van der Waals surface area contributed by atoms with Gasteiger partial charge >= 0.3 is 6.01 Å². The molecule has 0 radical (unpaired) electrons. The van der Waals surface area contributed by atoms with E-state index in [0.29, 0.717) is 12.4 Å². The average molecular weight is 170 g/mol. The van der Waals surface area contributed by atoms with E-state index < -0.39 is 0 Å². The Balaban J connectivity index is 2.46. The van der Waals surface area contributed by atoms with Gasteiger partial charge in [0.15, 0.2) is 0 Å². The summed E-state index contributed by atoms with van der Waals surface area (Å²) in [6, 6.07) is 0.117. The second-order valence-electron chi connectivity index (χ2n) is 2.21. The first kappa shape index (κ1) is 8.66. The lowest BCUT2D eigenvalue weighted by Gasteiger charge is -1.95. The molecule has 0 atom stereocenters. The zero-order valence-electron chi connectivity index (χ0n) is 6.70. The molecule has 0 saturated carbocycles. The number of nitrogens with one attached hydrogen (secondary N) is 1. The van der Waals surface area contributed by atoms with Crippen molar-refractivity contribution in [3.8, 4) is 0 Å². The molecule has 12 heavy (non-hydrogen) atoms. The first-order chi connectivity index (χ1) is 5.72. The standard InChI is InChI=1S/C6H10N4O2/c1-4-9-10-6(12-4)8-5(11)2-3-7/h2-3,7H2,1H3,(H,8,10,11). The number of hydrogen-bond donors (Lipinski definition) is 2. The number of nitrogens with two attached hydrogens (primary N) is 1. The predicted octanol–water partition coefficient (Wildman–Crippen LogP) is -0.335. The largest absolute Gasteiger partial charge is 0.408 e. The molecule has 1 aromatic heterocycles. The highest BCUT2D eigenvalue weighted by Crippen LogP contribution is 2.03. The number of nitrogens with zero attached hydrogens (tertiary/aromatic N) is 2. The first-order valence-electron chi connectivity index (χ1n) is 3.52. The summed E-state index contributed by atoms with van der Waals surface area (Å²) >= 11 is 0. The molecule has 0 aliphatic heterocycles. The van der Waals surface area contributed by atoms with E-state index in [9.17, 15) is 4.79 Å². The maximum Gasteiger partial charge on any atom is 0.322 e. The molecule has 0 saturated heterocycles. The van der Waals surface area contributed by atoms with Gasteiger partial charge in [-0.15, -0.1) is 5.10 Å². The lowest BCUT2D eigenvalue weighted by Crippen LogP contribution is -2.16. The highest BCUT2D eigenvalue weighted by atomic mass is 16.4. The Morgan fingerprint density at radius 3 is 2.92 bits per heavy atom. The minimum atomic E-state index is -0.221. The third-order valence-corrected chi connectivity index (χ3v) is 1.14. The van der Waals surface area contributed by atoms with Crippen molar-refractivity contribution in [2.24, 2.45) is 5.73 Å². The van der Waals surface area contributed by atoms with Crippen LogP contribution in [0.3, 0.4) is 0 Å². The van der Waals surface area contributed by atoms with Crippen LogP contribution >= 0.6 is 0 Å². The van der Waals surface area contributed by atoms with Crippen LogP contribution in [0.15, 0.2) is 4.42 Å². The summed E-state index contributed by atoms with van der Waals surface area (Å²) in [7, 11) is 0. The van der Waals surface area contributed by atoms with Crippen molar-refractivity contribution >= 4 is 11.9 Å². The van der Waals surface area contributed by atoms with Gasteiger partial charge in [0, 0.05) is 19.9 Å². The van der Waals surface area contributed by atoms with Gasteiger partial charge in [-0.2, -0.15) is 0 Å². The average Bonchev–Trinajstić information content (AvgIpc) is 2.36. The van der Waals surface area contributed by atoms with Crippen LogP contribution in [0.5, 0.6) is 0 Å². The van der Waals surface area contributed by atoms with Crippen LogP contribution in [0.1, 0.15) is 12.3 Å². The topological polar surface area (TPSA) is 94.0 Å². The monoisotopic (exact) mass is 170 g/mol. The number of amides is 1. The van der Waals surface area contributed by atoms with Crippen molar-refractivity contribution in [2.75, 3.05) is 11.9 Å². The van der Waals surface area contributed by atoms with Crippen LogP contribution in [-0.2, 0) is 4.79 Å². The summed E-state index contributed by atoms with van der Waals surface area (Å²) in [4.78, 5) is 10.9. The van der Waals surface area contributed by atoms with Gasteiger partial charge in [-0.3, -0.25) is 10.1 Å². The van der Waals surface area contributed by atoms with Gasteiger partial charge in [-0.1, -0.05) is 5.10 Å². The van der Waals surface area contributed by atoms with E-state index in [1.54, 1.807) is 6.92 Å². The summed E-state index contributed by atoms with van der Waals surface area (Å²) in [6.45, 7) is 1.95. The molecule has 1 amide bonds. The number of carbonyl (C=O) groups is 1. The Morgan fingerprint density at radius 2 is 2.42 bits per heavy atom. The van der Waals surface area contributed by atoms with E-state index in [2.05, 4.69) is 15.5 Å². The van der Waals surface area contributed by atoms with E-state index in [0.717, 1.165) is 0 Å². The summed E-state index contributed by atoms with van der Waals surface area (Å²) < 4.78 is 4.91. The molecule has 0 aromatic carbocycles. The van der Waals surface area contributed by atoms with E-state index in [1.165, 1.54) is 0 Å². The van der Waals surface area contributed by atoms with Gasteiger partial charge < -0.3 is 10.2 Å². The molecule has 6 nitrogen and oxygen atoms in total. The minimum Gasteiger partial charge on any atom is -0.408 e. The zero-order chi connectivity index (χ0) is 8.97. The van der Waals surface area contributed by atoms with Gasteiger partial charge in [0.05, 0.1) is 0 Å². The maximum absolute atomic E-state index is 10.9. The molecule has 0 fully saturated rings. The van der Waals surface area contributed by atoms with Gasteiger partial charge in [0.2, 0.25) is 11.8 Å². The normalized spacial score (nSPS) is 9.83. The molecule has 1 rings (SSSR count). The lowest BCUT2D eigenvalue weighted by molar-refractivity contribution is -0.116. The Hall–Kier alpha value is -1.43. The van der Waals surface area contributed by atoms with Gasteiger partial charge in [-0.25, -0.2) is 0 Å². The molecule has 0 aliphatic rings. The minimum absolute atomic E-state index is 0.117. The molecule has 66 valence electrons. The van der Waals surface area contributed by atoms with Crippen molar-refractivity contribution in [1.82, 2.24) is 10.2 Å². The summed E-state index contributed by atoms with van der Waals surface area (Å²) in [5.74, 6) is 0.194. The second-order valence-corrected chi connectivity index (χ2v) is 2.21. The van der Waals surface area contributed by atoms with Crippen molar-refractivity contribution in [3.05, 3.63) is 5.89 Å². The molecule has 3 N–H and O–H groups in total. The Morgan fingerprint density at radius 1 is 1.67 bits per heavy atom. The zero-order valence-corrected chi connectivity index (χ0v) is 6.70.